The Morgan fingerprint density at radius 3 is 2.94 bits per heavy atom. The monoisotopic (exact) mass is 235 g/mol. The van der Waals surface area contributed by atoms with Gasteiger partial charge in [0.15, 0.2) is 0 Å². The Morgan fingerprint density at radius 1 is 1.41 bits per heavy atom. The zero-order valence-corrected chi connectivity index (χ0v) is 10.6. The third kappa shape index (κ3) is 6.02. The van der Waals surface area contributed by atoms with Gasteiger partial charge in [0.1, 0.15) is 0 Å². The van der Waals surface area contributed by atoms with Crippen molar-refractivity contribution in [3.8, 4) is 0 Å². The molecule has 0 saturated heterocycles. The van der Waals surface area contributed by atoms with Crippen molar-refractivity contribution < 1.29 is 4.79 Å². The van der Waals surface area contributed by atoms with Crippen LogP contribution in [0.3, 0.4) is 0 Å². The van der Waals surface area contributed by atoms with E-state index in [1.807, 2.05) is 25.1 Å². The Kier molecular flexibility index (Phi) is 6.25. The lowest BCUT2D eigenvalue weighted by Gasteiger charge is -2.06. The summed E-state index contributed by atoms with van der Waals surface area (Å²) in [6.45, 7) is 5.80. The van der Waals surface area contributed by atoms with Crippen molar-refractivity contribution in [1.29, 1.82) is 0 Å². The number of carbonyl (C=O) groups excluding carboxylic acids is 1. The fraction of sp³-hybridized carbons (Fsp3) is 0.538. The van der Waals surface area contributed by atoms with Gasteiger partial charge in [-0.25, -0.2) is 0 Å². The molecule has 0 radical (unpaired) electrons. The normalized spacial score (nSPS) is 10.2. The molecule has 0 aliphatic rings. The molecule has 1 heterocycles. The molecule has 0 aliphatic heterocycles. The van der Waals surface area contributed by atoms with Crippen LogP contribution in [0.25, 0.3) is 0 Å². The van der Waals surface area contributed by atoms with Gasteiger partial charge in [0.05, 0.1) is 12.2 Å². The second-order valence-electron chi connectivity index (χ2n) is 4.08. The molecule has 0 aromatic carbocycles. The summed E-state index contributed by atoms with van der Waals surface area (Å²) >= 11 is 0. The third-order valence-corrected chi connectivity index (χ3v) is 2.39. The SMILES string of the molecule is CCCCNC(=O)CNCc1cccc(C)n1. The maximum Gasteiger partial charge on any atom is 0.233 e. The first kappa shape index (κ1) is 13.6. The van der Waals surface area contributed by atoms with Crippen LogP contribution in [0.5, 0.6) is 0 Å². The minimum atomic E-state index is 0.0473. The minimum absolute atomic E-state index is 0.0473. The molecule has 1 aromatic rings. The van der Waals surface area contributed by atoms with Gasteiger partial charge in [0, 0.05) is 18.8 Å². The number of hydrogen-bond acceptors (Lipinski definition) is 3. The zero-order chi connectivity index (χ0) is 12.5. The van der Waals surface area contributed by atoms with Crippen molar-refractivity contribution >= 4 is 5.91 Å². The van der Waals surface area contributed by atoms with Crippen LogP contribution in [0.4, 0.5) is 0 Å². The second-order valence-corrected chi connectivity index (χ2v) is 4.08. The average molecular weight is 235 g/mol. The lowest BCUT2D eigenvalue weighted by Crippen LogP contribution is -2.34. The summed E-state index contributed by atoms with van der Waals surface area (Å²) in [7, 11) is 0. The highest BCUT2D eigenvalue weighted by Gasteiger charge is 2.00. The molecular weight excluding hydrogens is 214 g/mol. The predicted octanol–water partition coefficient (Wildman–Crippen LogP) is 1.40. The van der Waals surface area contributed by atoms with Crippen molar-refractivity contribution in [2.24, 2.45) is 0 Å². The van der Waals surface area contributed by atoms with Crippen LogP contribution in [-0.2, 0) is 11.3 Å². The second kappa shape index (κ2) is 7.79. The van der Waals surface area contributed by atoms with Crippen molar-refractivity contribution in [2.45, 2.75) is 33.2 Å². The topological polar surface area (TPSA) is 54.0 Å². The first-order valence-corrected chi connectivity index (χ1v) is 6.12. The summed E-state index contributed by atoms with van der Waals surface area (Å²) in [6.07, 6.45) is 2.13. The van der Waals surface area contributed by atoms with Crippen molar-refractivity contribution in [3.63, 3.8) is 0 Å². The Morgan fingerprint density at radius 2 is 2.24 bits per heavy atom. The van der Waals surface area contributed by atoms with Gasteiger partial charge in [0.25, 0.3) is 0 Å². The van der Waals surface area contributed by atoms with E-state index in [-0.39, 0.29) is 5.91 Å². The van der Waals surface area contributed by atoms with E-state index in [2.05, 4.69) is 22.5 Å². The molecule has 0 saturated carbocycles. The number of hydrogen-bond donors (Lipinski definition) is 2. The lowest BCUT2D eigenvalue weighted by atomic mass is 10.3. The number of unbranched alkanes of at least 4 members (excludes halogenated alkanes) is 1. The third-order valence-electron chi connectivity index (χ3n) is 2.39. The first-order chi connectivity index (χ1) is 8.22. The molecule has 0 spiro atoms. The summed E-state index contributed by atoms with van der Waals surface area (Å²) in [5.41, 5.74) is 1.96. The van der Waals surface area contributed by atoms with E-state index in [4.69, 9.17) is 0 Å². The summed E-state index contributed by atoms with van der Waals surface area (Å²) in [6, 6.07) is 5.89. The zero-order valence-electron chi connectivity index (χ0n) is 10.6. The van der Waals surface area contributed by atoms with Crippen LogP contribution in [0.15, 0.2) is 18.2 Å². The molecule has 94 valence electrons. The minimum Gasteiger partial charge on any atom is -0.355 e. The van der Waals surface area contributed by atoms with E-state index in [0.717, 1.165) is 30.8 Å². The molecular formula is C13H21N3O. The van der Waals surface area contributed by atoms with Crippen LogP contribution in [0, 0.1) is 6.92 Å². The Bertz CT molecular complexity index is 352. The highest BCUT2D eigenvalue weighted by molar-refractivity contribution is 5.77. The van der Waals surface area contributed by atoms with Crippen molar-refractivity contribution in [2.75, 3.05) is 13.1 Å². The van der Waals surface area contributed by atoms with E-state index >= 15 is 0 Å². The summed E-state index contributed by atoms with van der Waals surface area (Å²) < 4.78 is 0. The number of nitrogens with one attached hydrogen (secondary N) is 2. The van der Waals surface area contributed by atoms with E-state index in [1.54, 1.807) is 0 Å². The smallest absolute Gasteiger partial charge is 0.233 e. The molecule has 0 fully saturated rings. The number of nitrogens with zero attached hydrogens (tertiary/aromatic N) is 1. The van der Waals surface area contributed by atoms with Crippen LogP contribution in [-0.4, -0.2) is 24.0 Å². The molecule has 17 heavy (non-hydrogen) atoms. The highest BCUT2D eigenvalue weighted by atomic mass is 16.1. The Hall–Kier alpha value is -1.42. The molecule has 0 bridgehead atoms. The largest absolute Gasteiger partial charge is 0.355 e. The number of rotatable bonds is 7. The van der Waals surface area contributed by atoms with Gasteiger partial charge < -0.3 is 10.6 Å². The Labute approximate surface area is 103 Å². The van der Waals surface area contributed by atoms with Gasteiger partial charge in [-0.1, -0.05) is 19.4 Å². The standard InChI is InChI=1S/C13H21N3O/c1-3-4-8-15-13(17)10-14-9-12-7-5-6-11(2)16-12/h5-7,14H,3-4,8-10H2,1-2H3,(H,15,17). The van der Waals surface area contributed by atoms with E-state index in [1.165, 1.54) is 0 Å². The van der Waals surface area contributed by atoms with Crippen LogP contribution < -0.4 is 10.6 Å². The quantitative estimate of drug-likeness (QED) is 0.702. The van der Waals surface area contributed by atoms with Crippen molar-refractivity contribution in [3.05, 3.63) is 29.6 Å². The summed E-state index contributed by atoms with van der Waals surface area (Å²) in [5, 5.41) is 5.94. The van der Waals surface area contributed by atoms with Gasteiger partial charge in [0.2, 0.25) is 5.91 Å². The highest BCUT2D eigenvalue weighted by Crippen LogP contribution is 1.96. The number of aryl methyl sites for hydroxylation is 1. The van der Waals surface area contributed by atoms with Gasteiger partial charge in [-0.2, -0.15) is 0 Å². The molecule has 1 aromatic heterocycles. The molecule has 0 aliphatic carbocycles. The molecule has 4 nitrogen and oxygen atoms in total. The number of amides is 1. The molecule has 0 unspecified atom stereocenters. The number of carbonyl (C=O) groups is 1. The van der Waals surface area contributed by atoms with Gasteiger partial charge in [-0.15, -0.1) is 0 Å². The number of aromatic nitrogens is 1. The molecule has 1 rings (SSSR count). The van der Waals surface area contributed by atoms with Crippen molar-refractivity contribution in [1.82, 2.24) is 15.6 Å². The molecule has 2 N–H and O–H groups in total. The van der Waals surface area contributed by atoms with E-state index in [0.29, 0.717) is 13.1 Å². The summed E-state index contributed by atoms with van der Waals surface area (Å²) in [4.78, 5) is 15.7. The van der Waals surface area contributed by atoms with Gasteiger partial charge in [-0.05, 0) is 25.5 Å². The lowest BCUT2D eigenvalue weighted by molar-refractivity contribution is -0.120. The fourth-order valence-electron chi connectivity index (χ4n) is 1.47. The molecule has 0 atom stereocenters. The maximum absolute atomic E-state index is 11.4. The fourth-order valence-corrected chi connectivity index (χ4v) is 1.47. The van der Waals surface area contributed by atoms with Gasteiger partial charge in [-0.3, -0.25) is 9.78 Å². The first-order valence-electron chi connectivity index (χ1n) is 6.12. The maximum atomic E-state index is 11.4. The Balaban J connectivity index is 2.17. The summed E-state index contributed by atoms with van der Waals surface area (Å²) in [5.74, 6) is 0.0473. The number of pyridine rings is 1. The van der Waals surface area contributed by atoms with Gasteiger partial charge >= 0.3 is 0 Å². The average Bonchev–Trinajstić information content (AvgIpc) is 2.29. The molecule has 4 heteroatoms. The molecule has 1 amide bonds. The predicted molar refractivity (Wildman–Crippen MR) is 68.6 cm³/mol. The van der Waals surface area contributed by atoms with E-state index in [9.17, 15) is 4.79 Å². The van der Waals surface area contributed by atoms with Crippen LogP contribution >= 0.6 is 0 Å². The van der Waals surface area contributed by atoms with E-state index < -0.39 is 0 Å². The van der Waals surface area contributed by atoms with Crippen LogP contribution in [0.1, 0.15) is 31.2 Å². The van der Waals surface area contributed by atoms with Crippen LogP contribution in [0.2, 0.25) is 0 Å².